The molecule has 0 spiro atoms. The highest BCUT2D eigenvalue weighted by Crippen LogP contribution is 2.25. The first-order valence-corrected chi connectivity index (χ1v) is 10.7. The number of pyridine rings is 1. The summed E-state index contributed by atoms with van der Waals surface area (Å²) in [6.07, 6.45) is 15.4. The average Bonchev–Trinajstić information content (AvgIpc) is 3.13. The van der Waals surface area contributed by atoms with E-state index < -0.39 is 0 Å². The normalized spacial score (nSPS) is 20.5. The van der Waals surface area contributed by atoms with Crippen LogP contribution in [0, 0.1) is 6.92 Å². The van der Waals surface area contributed by atoms with Gasteiger partial charge in [0.05, 0.1) is 11.7 Å². The summed E-state index contributed by atoms with van der Waals surface area (Å²) in [5, 5.41) is 0. The van der Waals surface area contributed by atoms with E-state index in [4.69, 9.17) is 0 Å². The van der Waals surface area contributed by atoms with Gasteiger partial charge in [-0.1, -0.05) is 25.2 Å². The van der Waals surface area contributed by atoms with Gasteiger partial charge in [0.1, 0.15) is 5.65 Å². The molecule has 0 saturated carbocycles. The lowest BCUT2D eigenvalue weighted by Gasteiger charge is -2.30. The largest absolute Gasteiger partial charge is 0.308 e. The van der Waals surface area contributed by atoms with Crippen LogP contribution in [0.15, 0.2) is 66.2 Å². The van der Waals surface area contributed by atoms with E-state index in [0.717, 1.165) is 54.1 Å². The second-order valence-corrected chi connectivity index (χ2v) is 8.20. The minimum Gasteiger partial charge on any atom is -0.308 e. The second-order valence-electron chi connectivity index (χ2n) is 8.20. The Kier molecular flexibility index (Phi) is 5.73. The minimum atomic E-state index is 0.00959. The predicted octanol–water partition coefficient (Wildman–Crippen LogP) is 4.37. The molecule has 0 aliphatic carbocycles. The molecule has 0 bridgehead atoms. The van der Waals surface area contributed by atoms with E-state index in [1.54, 1.807) is 6.08 Å². The summed E-state index contributed by atoms with van der Waals surface area (Å²) in [6, 6.07) is 4.05. The van der Waals surface area contributed by atoms with Crippen molar-refractivity contribution in [2.24, 2.45) is 0 Å². The molecule has 0 aromatic carbocycles. The number of amides is 1. The molecule has 0 saturated heterocycles. The van der Waals surface area contributed by atoms with Crippen molar-refractivity contribution in [3.8, 4) is 0 Å². The summed E-state index contributed by atoms with van der Waals surface area (Å²) >= 11 is 0. The maximum absolute atomic E-state index is 13.1. The number of hydrogen-bond acceptors (Lipinski definition) is 3. The lowest BCUT2D eigenvalue weighted by molar-refractivity contribution is -0.124. The van der Waals surface area contributed by atoms with Crippen LogP contribution in [0.5, 0.6) is 0 Å². The zero-order chi connectivity index (χ0) is 21.3. The molecule has 4 rings (SSSR count). The molecule has 2 aliphatic heterocycles. The van der Waals surface area contributed by atoms with Crippen molar-refractivity contribution in [1.82, 2.24) is 19.2 Å². The molecule has 5 nitrogen and oxygen atoms in total. The Labute approximate surface area is 178 Å². The Morgan fingerprint density at radius 3 is 2.87 bits per heavy atom. The molecule has 30 heavy (non-hydrogen) atoms. The molecule has 1 unspecified atom stereocenters. The molecule has 2 aromatic heterocycles. The molecule has 1 atom stereocenters. The predicted molar refractivity (Wildman–Crippen MR) is 122 cm³/mol. The van der Waals surface area contributed by atoms with Crippen LogP contribution in [0.25, 0.3) is 11.2 Å². The first kappa shape index (κ1) is 20.4. The Morgan fingerprint density at radius 2 is 2.13 bits per heavy atom. The van der Waals surface area contributed by atoms with Crippen molar-refractivity contribution < 1.29 is 4.79 Å². The molecule has 156 valence electrons. The smallest absolute Gasteiger partial charge is 0.251 e. The summed E-state index contributed by atoms with van der Waals surface area (Å²) in [5.74, 6) is 0.00959. The van der Waals surface area contributed by atoms with Gasteiger partial charge in [-0.2, -0.15) is 0 Å². The molecule has 2 aliphatic rings. The van der Waals surface area contributed by atoms with E-state index in [0.29, 0.717) is 0 Å². The first-order valence-electron chi connectivity index (χ1n) is 10.7. The fraction of sp³-hybridized carbons (Fsp3) is 0.360. The van der Waals surface area contributed by atoms with E-state index in [1.165, 1.54) is 5.57 Å². The van der Waals surface area contributed by atoms with Gasteiger partial charge in [-0.3, -0.25) is 9.69 Å². The number of aryl methyl sites for hydroxylation is 1. The number of carbonyl (C=O) groups is 1. The Balaban J connectivity index is 1.55. The van der Waals surface area contributed by atoms with Crippen LogP contribution in [-0.2, 0) is 4.79 Å². The number of nitrogens with zero attached hydrogens (tertiary/aromatic N) is 4. The van der Waals surface area contributed by atoms with Crippen molar-refractivity contribution in [1.29, 1.82) is 0 Å². The Morgan fingerprint density at radius 1 is 1.30 bits per heavy atom. The van der Waals surface area contributed by atoms with Crippen LogP contribution >= 0.6 is 0 Å². The number of hydrogen-bond donors (Lipinski definition) is 0. The van der Waals surface area contributed by atoms with Crippen LogP contribution in [0.3, 0.4) is 0 Å². The number of fused-ring (bicyclic) bond motifs is 1. The highest BCUT2D eigenvalue weighted by atomic mass is 16.2. The number of carbonyl (C=O) groups excluding carboxylic acids is 1. The Bertz CT molecular complexity index is 1090. The fourth-order valence-corrected chi connectivity index (χ4v) is 4.06. The van der Waals surface area contributed by atoms with Crippen molar-refractivity contribution in [3.05, 3.63) is 77.4 Å². The topological polar surface area (TPSA) is 40.8 Å². The molecule has 1 amide bonds. The third-order valence-electron chi connectivity index (χ3n) is 6.00. The molecular formula is C25H30N4O. The number of aromatic nitrogens is 2. The van der Waals surface area contributed by atoms with Crippen LogP contribution in [0.1, 0.15) is 38.4 Å². The number of allylic oxidation sites excluding steroid dienone is 3. The van der Waals surface area contributed by atoms with Gasteiger partial charge < -0.3 is 9.30 Å². The number of rotatable bonds is 4. The van der Waals surface area contributed by atoms with E-state index in [9.17, 15) is 4.79 Å². The van der Waals surface area contributed by atoms with Gasteiger partial charge in [0, 0.05) is 37.8 Å². The van der Waals surface area contributed by atoms with Crippen LogP contribution in [0.4, 0.5) is 0 Å². The lowest BCUT2D eigenvalue weighted by atomic mass is 9.96. The third-order valence-corrected chi connectivity index (χ3v) is 6.00. The molecule has 0 fully saturated rings. The number of likely N-dealkylation sites (N-methyl/N-ethyl adjacent to an activating group) is 1. The monoisotopic (exact) mass is 402 g/mol. The highest BCUT2D eigenvalue weighted by Gasteiger charge is 2.21. The lowest BCUT2D eigenvalue weighted by Crippen LogP contribution is -2.34. The summed E-state index contributed by atoms with van der Waals surface area (Å²) < 4.78 is 2.01. The third kappa shape index (κ3) is 4.17. The molecule has 0 N–H and O–H groups in total. The number of imidazole rings is 1. The molecule has 2 aromatic rings. The molecule has 0 radical (unpaired) electrons. The van der Waals surface area contributed by atoms with Crippen molar-refractivity contribution in [2.45, 2.75) is 40.2 Å². The van der Waals surface area contributed by atoms with E-state index in [-0.39, 0.29) is 11.9 Å². The minimum absolute atomic E-state index is 0.00959. The fourth-order valence-electron chi connectivity index (χ4n) is 4.06. The van der Waals surface area contributed by atoms with Gasteiger partial charge in [-0.05, 0) is 68.2 Å². The maximum Gasteiger partial charge on any atom is 0.251 e. The van der Waals surface area contributed by atoms with E-state index in [2.05, 4.69) is 42.0 Å². The van der Waals surface area contributed by atoms with Gasteiger partial charge in [-0.25, -0.2) is 4.98 Å². The van der Waals surface area contributed by atoms with Gasteiger partial charge in [0.25, 0.3) is 5.91 Å². The summed E-state index contributed by atoms with van der Waals surface area (Å²) in [5.41, 5.74) is 6.35. The van der Waals surface area contributed by atoms with Crippen LogP contribution in [0.2, 0.25) is 0 Å². The molecule has 5 heteroatoms. The van der Waals surface area contributed by atoms with Crippen molar-refractivity contribution in [3.63, 3.8) is 0 Å². The van der Waals surface area contributed by atoms with Gasteiger partial charge in [0.15, 0.2) is 0 Å². The summed E-state index contributed by atoms with van der Waals surface area (Å²) in [6.45, 7) is 11.4. The van der Waals surface area contributed by atoms with Gasteiger partial charge >= 0.3 is 0 Å². The van der Waals surface area contributed by atoms with Crippen molar-refractivity contribution >= 4 is 17.1 Å². The highest BCUT2D eigenvalue weighted by molar-refractivity contribution is 5.96. The quantitative estimate of drug-likeness (QED) is 0.713. The van der Waals surface area contributed by atoms with Gasteiger partial charge in [-0.15, -0.1) is 0 Å². The van der Waals surface area contributed by atoms with Crippen LogP contribution in [-0.4, -0.2) is 50.8 Å². The van der Waals surface area contributed by atoms with E-state index in [1.807, 2.05) is 53.9 Å². The van der Waals surface area contributed by atoms with Crippen LogP contribution < -0.4 is 0 Å². The Hall–Kier alpha value is -2.92. The molecule has 4 heterocycles. The maximum atomic E-state index is 13.1. The second kappa shape index (κ2) is 8.44. The average molecular weight is 403 g/mol. The standard InChI is InChI=1S/C25H30N4O/c1-5-27-12-10-21(11-13-27)23-7-6-20(4)29(17-23)25(30)14-18(2)22-8-9-24-26-19(3)15-28(24)16-22/h6-10,14-17,20H,5,11-13H2,1-4H3/b18-14+. The summed E-state index contributed by atoms with van der Waals surface area (Å²) in [4.78, 5) is 21.8. The first-order chi connectivity index (χ1) is 14.4. The SMILES string of the molecule is CCN1CC=C(C2=CN(C(=O)/C=C(\C)c3ccc4nc(C)cn4c3)C(C)C=C2)CC1. The zero-order valence-electron chi connectivity index (χ0n) is 18.3. The summed E-state index contributed by atoms with van der Waals surface area (Å²) in [7, 11) is 0. The van der Waals surface area contributed by atoms with Gasteiger partial charge in [0.2, 0.25) is 0 Å². The van der Waals surface area contributed by atoms with E-state index >= 15 is 0 Å². The molecular weight excluding hydrogens is 372 g/mol. The van der Waals surface area contributed by atoms with Crippen molar-refractivity contribution in [2.75, 3.05) is 19.6 Å². The zero-order valence-corrected chi connectivity index (χ0v) is 18.3.